The van der Waals surface area contributed by atoms with Gasteiger partial charge in [0.25, 0.3) is 0 Å². The second-order valence-corrected chi connectivity index (χ2v) is 6.16. The summed E-state index contributed by atoms with van der Waals surface area (Å²) in [6, 6.07) is 12.3. The number of carbonyl (C=O) groups is 1. The number of benzene rings is 1. The maximum Gasteiger partial charge on any atom is 0.149 e. The van der Waals surface area contributed by atoms with Gasteiger partial charge in [-0.3, -0.25) is 9.48 Å². The van der Waals surface area contributed by atoms with E-state index in [4.69, 9.17) is 0 Å². The Kier molecular flexibility index (Phi) is 3.66. The summed E-state index contributed by atoms with van der Waals surface area (Å²) >= 11 is 0. The molecule has 21 heavy (non-hydrogen) atoms. The average molecular weight is 282 g/mol. The molecule has 3 rings (SSSR count). The van der Waals surface area contributed by atoms with Gasteiger partial charge in [0.05, 0.1) is 11.1 Å². The van der Waals surface area contributed by atoms with Crippen molar-refractivity contribution in [1.82, 2.24) is 9.78 Å². The standard InChI is InChI=1S/C18H22N2O/c1-14-12-16(20(2)19-14)13-17(21)18(10-6-7-11-18)15-8-4-3-5-9-15/h3-5,8-9,12H,6-7,10-11,13H2,1-2H3. The van der Waals surface area contributed by atoms with Crippen molar-refractivity contribution in [3.8, 4) is 0 Å². The van der Waals surface area contributed by atoms with Crippen LogP contribution in [0.5, 0.6) is 0 Å². The van der Waals surface area contributed by atoms with Crippen LogP contribution in [0.4, 0.5) is 0 Å². The van der Waals surface area contributed by atoms with Crippen molar-refractivity contribution in [2.45, 2.75) is 44.4 Å². The first-order chi connectivity index (χ1) is 10.1. The SMILES string of the molecule is Cc1cc(CC(=O)C2(c3ccccc3)CCCC2)n(C)n1. The normalized spacial score (nSPS) is 17.0. The van der Waals surface area contributed by atoms with Gasteiger partial charge in [-0.15, -0.1) is 0 Å². The van der Waals surface area contributed by atoms with E-state index in [1.807, 2.05) is 42.9 Å². The number of hydrogen-bond donors (Lipinski definition) is 0. The Labute approximate surface area is 126 Å². The predicted molar refractivity (Wildman–Crippen MR) is 83.2 cm³/mol. The Morgan fingerprint density at radius 2 is 1.90 bits per heavy atom. The van der Waals surface area contributed by atoms with Crippen LogP contribution in [0.15, 0.2) is 36.4 Å². The minimum absolute atomic E-state index is 0.278. The first-order valence-electron chi connectivity index (χ1n) is 7.70. The Morgan fingerprint density at radius 3 is 2.48 bits per heavy atom. The summed E-state index contributed by atoms with van der Waals surface area (Å²) in [6.07, 6.45) is 4.72. The van der Waals surface area contributed by atoms with E-state index >= 15 is 0 Å². The van der Waals surface area contributed by atoms with E-state index in [-0.39, 0.29) is 5.41 Å². The highest BCUT2D eigenvalue weighted by Gasteiger charge is 2.42. The van der Waals surface area contributed by atoms with Crippen LogP contribution in [-0.4, -0.2) is 15.6 Å². The number of rotatable bonds is 4. The quantitative estimate of drug-likeness (QED) is 0.862. The smallest absolute Gasteiger partial charge is 0.149 e. The monoisotopic (exact) mass is 282 g/mol. The Morgan fingerprint density at radius 1 is 1.24 bits per heavy atom. The molecule has 0 amide bonds. The van der Waals surface area contributed by atoms with E-state index in [0.29, 0.717) is 12.2 Å². The zero-order valence-corrected chi connectivity index (χ0v) is 12.8. The third kappa shape index (κ3) is 2.53. The molecule has 1 aliphatic rings. The fraction of sp³-hybridized carbons (Fsp3) is 0.444. The first-order valence-corrected chi connectivity index (χ1v) is 7.70. The lowest BCUT2D eigenvalue weighted by atomic mass is 9.74. The van der Waals surface area contributed by atoms with Gasteiger partial charge in [0.1, 0.15) is 5.78 Å². The number of hydrogen-bond acceptors (Lipinski definition) is 2. The number of nitrogens with zero attached hydrogens (tertiary/aromatic N) is 2. The van der Waals surface area contributed by atoms with Crippen LogP contribution < -0.4 is 0 Å². The van der Waals surface area contributed by atoms with Crippen molar-refractivity contribution < 1.29 is 4.79 Å². The van der Waals surface area contributed by atoms with Crippen LogP contribution in [0.25, 0.3) is 0 Å². The molecule has 1 fully saturated rings. The molecule has 2 aromatic rings. The molecule has 0 unspecified atom stereocenters. The number of aryl methyl sites for hydroxylation is 2. The molecule has 0 radical (unpaired) electrons. The first kappa shape index (κ1) is 14.1. The van der Waals surface area contributed by atoms with Gasteiger partial charge >= 0.3 is 0 Å². The van der Waals surface area contributed by atoms with Crippen molar-refractivity contribution in [2.75, 3.05) is 0 Å². The summed E-state index contributed by atoms with van der Waals surface area (Å²) in [7, 11) is 1.92. The van der Waals surface area contributed by atoms with Crippen molar-refractivity contribution in [2.24, 2.45) is 7.05 Å². The molecule has 0 N–H and O–H groups in total. The van der Waals surface area contributed by atoms with Crippen molar-refractivity contribution in [3.63, 3.8) is 0 Å². The number of ketones is 1. The third-order valence-corrected chi connectivity index (χ3v) is 4.76. The summed E-state index contributed by atoms with van der Waals surface area (Å²) in [5, 5.41) is 4.35. The molecule has 0 atom stereocenters. The van der Waals surface area contributed by atoms with Crippen molar-refractivity contribution in [1.29, 1.82) is 0 Å². The second-order valence-electron chi connectivity index (χ2n) is 6.16. The van der Waals surface area contributed by atoms with Crippen LogP contribution >= 0.6 is 0 Å². The lowest BCUT2D eigenvalue weighted by Crippen LogP contribution is -2.34. The highest BCUT2D eigenvalue weighted by atomic mass is 16.1. The molecule has 110 valence electrons. The summed E-state index contributed by atoms with van der Waals surface area (Å²) in [5.41, 5.74) is 2.89. The number of Topliss-reactive ketones (excluding diaryl/α,β-unsaturated/α-hetero) is 1. The maximum absolute atomic E-state index is 13.1. The molecular weight excluding hydrogens is 260 g/mol. The molecule has 0 aliphatic heterocycles. The molecule has 3 nitrogen and oxygen atoms in total. The van der Waals surface area contributed by atoms with E-state index in [0.717, 1.165) is 37.1 Å². The van der Waals surface area contributed by atoms with Crippen molar-refractivity contribution in [3.05, 3.63) is 53.3 Å². The summed E-state index contributed by atoms with van der Waals surface area (Å²) in [5.74, 6) is 0.342. The lowest BCUT2D eigenvalue weighted by Gasteiger charge is -2.28. The fourth-order valence-corrected chi connectivity index (χ4v) is 3.63. The minimum atomic E-state index is -0.278. The zero-order valence-electron chi connectivity index (χ0n) is 12.8. The van der Waals surface area contributed by atoms with Crippen LogP contribution in [-0.2, 0) is 23.7 Å². The maximum atomic E-state index is 13.1. The van der Waals surface area contributed by atoms with E-state index in [1.54, 1.807) is 0 Å². The highest BCUT2D eigenvalue weighted by Crippen LogP contribution is 2.42. The Bertz CT molecular complexity index is 636. The van der Waals surface area contributed by atoms with Crippen LogP contribution in [0.1, 0.15) is 42.6 Å². The van der Waals surface area contributed by atoms with Gasteiger partial charge in [0.15, 0.2) is 0 Å². The molecule has 1 heterocycles. The van der Waals surface area contributed by atoms with Crippen LogP contribution in [0, 0.1) is 6.92 Å². The lowest BCUT2D eigenvalue weighted by molar-refractivity contribution is -0.123. The molecule has 0 saturated heterocycles. The predicted octanol–water partition coefficient (Wildman–Crippen LogP) is 3.35. The van der Waals surface area contributed by atoms with Gasteiger partial charge in [0.2, 0.25) is 0 Å². The van der Waals surface area contributed by atoms with E-state index < -0.39 is 0 Å². The number of carbonyl (C=O) groups excluding carboxylic acids is 1. The van der Waals surface area contributed by atoms with Gasteiger partial charge in [-0.25, -0.2) is 0 Å². The van der Waals surface area contributed by atoms with E-state index in [9.17, 15) is 4.79 Å². The molecule has 1 saturated carbocycles. The van der Waals surface area contributed by atoms with E-state index in [1.165, 1.54) is 5.56 Å². The molecule has 0 spiro atoms. The Hall–Kier alpha value is -1.90. The largest absolute Gasteiger partial charge is 0.298 e. The van der Waals surface area contributed by atoms with Gasteiger partial charge in [0, 0.05) is 19.2 Å². The molecule has 0 bridgehead atoms. The topological polar surface area (TPSA) is 34.9 Å². The molecule has 1 aromatic carbocycles. The highest BCUT2D eigenvalue weighted by molar-refractivity contribution is 5.92. The van der Waals surface area contributed by atoms with Gasteiger partial charge < -0.3 is 0 Å². The zero-order chi connectivity index (χ0) is 14.9. The van der Waals surface area contributed by atoms with E-state index in [2.05, 4.69) is 17.2 Å². The fourth-order valence-electron chi connectivity index (χ4n) is 3.63. The van der Waals surface area contributed by atoms with Crippen LogP contribution in [0.3, 0.4) is 0 Å². The second kappa shape index (κ2) is 5.47. The Balaban J connectivity index is 1.91. The average Bonchev–Trinajstić information content (AvgIpc) is 3.08. The molecule has 1 aliphatic carbocycles. The third-order valence-electron chi connectivity index (χ3n) is 4.76. The summed E-state index contributed by atoms with van der Waals surface area (Å²) < 4.78 is 1.83. The van der Waals surface area contributed by atoms with Crippen molar-refractivity contribution >= 4 is 5.78 Å². The summed E-state index contributed by atoms with van der Waals surface area (Å²) in [4.78, 5) is 13.1. The molecule has 3 heteroatoms. The molecule has 1 aromatic heterocycles. The molecular formula is C18H22N2O. The summed E-state index contributed by atoms with van der Waals surface area (Å²) in [6.45, 7) is 1.97. The minimum Gasteiger partial charge on any atom is -0.298 e. The number of aromatic nitrogens is 2. The van der Waals surface area contributed by atoms with Gasteiger partial charge in [-0.1, -0.05) is 43.2 Å². The van der Waals surface area contributed by atoms with Gasteiger partial charge in [-0.05, 0) is 31.4 Å². The van der Waals surface area contributed by atoms with Crippen LogP contribution in [0.2, 0.25) is 0 Å². The van der Waals surface area contributed by atoms with Gasteiger partial charge in [-0.2, -0.15) is 5.10 Å².